The summed E-state index contributed by atoms with van der Waals surface area (Å²) in [6.45, 7) is 7.24. The number of benzene rings is 1. The molecule has 0 spiro atoms. The third kappa shape index (κ3) is 2.58. The topological polar surface area (TPSA) is 65.8 Å². The summed E-state index contributed by atoms with van der Waals surface area (Å²) in [5.41, 5.74) is 1.28. The van der Waals surface area contributed by atoms with Crippen molar-refractivity contribution in [3.63, 3.8) is 0 Å². The Morgan fingerprint density at radius 3 is 2.62 bits per heavy atom. The average molecular weight is 359 g/mol. The molecule has 2 aromatic rings. The molecule has 2 aliphatic heterocycles. The van der Waals surface area contributed by atoms with E-state index >= 15 is 0 Å². The summed E-state index contributed by atoms with van der Waals surface area (Å²) in [5, 5.41) is 9.19. The largest absolute Gasteiger partial charge is 0.477 e. The van der Waals surface area contributed by atoms with Crippen LogP contribution in [0.5, 0.6) is 0 Å². The fraction of sp³-hybridized carbons (Fsp3) is 0.474. The number of rotatable bonds is 3. The number of nitrogens with zero attached hydrogens (tertiary/aromatic N) is 3. The maximum absolute atomic E-state index is 14.9. The molecule has 138 valence electrons. The van der Waals surface area contributed by atoms with Gasteiger partial charge in [0.1, 0.15) is 11.4 Å². The Morgan fingerprint density at radius 2 is 1.96 bits per heavy atom. The van der Waals surface area contributed by atoms with E-state index in [4.69, 9.17) is 0 Å². The van der Waals surface area contributed by atoms with Crippen molar-refractivity contribution in [2.75, 3.05) is 37.6 Å². The van der Waals surface area contributed by atoms with Gasteiger partial charge in [-0.15, -0.1) is 0 Å². The second kappa shape index (κ2) is 6.39. The van der Waals surface area contributed by atoms with Crippen LogP contribution in [0.3, 0.4) is 0 Å². The molecule has 7 heteroatoms. The van der Waals surface area contributed by atoms with E-state index < -0.39 is 17.2 Å². The minimum atomic E-state index is -1.31. The van der Waals surface area contributed by atoms with Gasteiger partial charge in [0.25, 0.3) is 0 Å². The van der Waals surface area contributed by atoms with Crippen molar-refractivity contribution < 1.29 is 14.3 Å². The number of hydrogen-bond donors (Lipinski definition) is 1. The van der Waals surface area contributed by atoms with E-state index in [0.717, 1.165) is 56.8 Å². The number of pyridine rings is 1. The maximum Gasteiger partial charge on any atom is 0.341 e. The van der Waals surface area contributed by atoms with Crippen LogP contribution in [-0.4, -0.2) is 53.3 Å². The number of aromatic carboxylic acids is 1. The molecule has 0 radical (unpaired) electrons. The third-order valence-corrected chi connectivity index (χ3v) is 5.59. The van der Waals surface area contributed by atoms with E-state index in [0.29, 0.717) is 12.1 Å². The summed E-state index contributed by atoms with van der Waals surface area (Å²) in [7, 11) is 0. The van der Waals surface area contributed by atoms with Crippen LogP contribution >= 0.6 is 0 Å². The first kappa shape index (κ1) is 17.0. The number of anilines is 1. The highest BCUT2D eigenvalue weighted by Crippen LogP contribution is 2.34. The van der Waals surface area contributed by atoms with E-state index in [2.05, 4.69) is 16.7 Å². The van der Waals surface area contributed by atoms with Gasteiger partial charge in [0.15, 0.2) is 0 Å². The van der Waals surface area contributed by atoms with Crippen molar-refractivity contribution in [3.05, 3.63) is 39.4 Å². The molecule has 1 fully saturated rings. The number of aryl methyl sites for hydroxylation is 2. The van der Waals surface area contributed by atoms with Crippen LogP contribution in [0.4, 0.5) is 10.1 Å². The van der Waals surface area contributed by atoms with Gasteiger partial charge in [-0.2, -0.15) is 0 Å². The van der Waals surface area contributed by atoms with Gasteiger partial charge in [0.05, 0.1) is 10.9 Å². The summed E-state index contributed by atoms with van der Waals surface area (Å²) >= 11 is 0. The summed E-state index contributed by atoms with van der Waals surface area (Å²) in [6.07, 6.45) is 2.98. The number of halogens is 1. The Morgan fingerprint density at radius 1 is 1.23 bits per heavy atom. The minimum absolute atomic E-state index is 0.0875. The predicted molar refractivity (Wildman–Crippen MR) is 97.8 cm³/mol. The number of carbonyl (C=O) groups is 1. The van der Waals surface area contributed by atoms with Crippen molar-refractivity contribution in [2.24, 2.45) is 0 Å². The summed E-state index contributed by atoms with van der Waals surface area (Å²) in [6, 6.07) is 1.43. The Hall–Kier alpha value is -2.41. The lowest BCUT2D eigenvalue weighted by atomic mass is 9.96. The molecule has 0 unspecified atom stereocenters. The van der Waals surface area contributed by atoms with Gasteiger partial charge in [0.2, 0.25) is 5.43 Å². The van der Waals surface area contributed by atoms with Crippen molar-refractivity contribution in [3.8, 4) is 0 Å². The lowest BCUT2D eigenvalue weighted by Crippen LogP contribution is -2.46. The number of carboxylic acids is 1. The van der Waals surface area contributed by atoms with Crippen LogP contribution in [0.1, 0.15) is 29.3 Å². The fourth-order valence-electron chi connectivity index (χ4n) is 4.20. The van der Waals surface area contributed by atoms with Gasteiger partial charge in [-0.05, 0) is 25.5 Å². The Labute approximate surface area is 150 Å². The smallest absolute Gasteiger partial charge is 0.341 e. The first-order valence-electron chi connectivity index (χ1n) is 9.10. The lowest BCUT2D eigenvalue weighted by molar-refractivity contribution is 0.0694. The molecule has 1 aromatic heterocycles. The van der Waals surface area contributed by atoms with E-state index in [1.54, 1.807) is 4.57 Å². The number of piperazine rings is 1. The SMILES string of the molecule is CCN1CCN(c2cc(F)c3c(=O)c(C(=O)O)cn4c3c2CCC4)CC1. The highest BCUT2D eigenvalue weighted by Gasteiger charge is 2.27. The van der Waals surface area contributed by atoms with E-state index in [1.807, 2.05) is 0 Å². The second-order valence-corrected chi connectivity index (χ2v) is 6.97. The second-order valence-electron chi connectivity index (χ2n) is 6.97. The molecular formula is C19H22FN3O3. The van der Waals surface area contributed by atoms with Crippen LogP contribution in [-0.2, 0) is 13.0 Å². The maximum atomic E-state index is 14.9. The molecule has 0 aliphatic carbocycles. The van der Waals surface area contributed by atoms with E-state index in [1.165, 1.54) is 12.3 Å². The van der Waals surface area contributed by atoms with Crippen LogP contribution in [0, 0.1) is 5.82 Å². The fourth-order valence-corrected chi connectivity index (χ4v) is 4.20. The third-order valence-electron chi connectivity index (χ3n) is 5.59. The molecule has 3 heterocycles. The number of hydrogen-bond acceptors (Lipinski definition) is 4. The van der Waals surface area contributed by atoms with Gasteiger partial charge in [-0.3, -0.25) is 4.79 Å². The van der Waals surface area contributed by atoms with Gasteiger partial charge in [-0.25, -0.2) is 9.18 Å². The summed E-state index contributed by atoms with van der Waals surface area (Å²) in [5.74, 6) is -1.94. The normalized spacial score (nSPS) is 17.7. The van der Waals surface area contributed by atoms with E-state index in [9.17, 15) is 19.1 Å². The first-order chi connectivity index (χ1) is 12.5. The molecule has 4 rings (SSSR count). The van der Waals surface area contributed by atoms with Crippen LogP contribution in [0.2, 0.25) is 0 Å². The zero-order valence-corrected chi connectivity index (χ0v) is 14.8. The minimum Gasteiger partial charge on any atom is -0.477 e. The molecule has 0 bridgehead atoms. The van der Waals surface area contributed by atoms with Crippen LogP contribution < -0.4 is 10.3 Å². The molecule has 2 aliphatic rings. The zero-order chi connectivity index (χ0) is 18.4. The first-order valence-corrected chi connectivity index (χ1v) is 9.10. The number of carboxylic acid groups (broad SMARTS) is 1. The quantitative estimate of drug-likeness (QED) is 0.907. The molecule has 1 saturated heterocycles. The number of likely N-dealkylation sites (N-methyl/N-ethyl adjacent to an activating group) is 1. The molecule has 1 aromatic carbocycles. The molecule has 26 heavy (non-hydrogen) atoms. The molecular weight excluding hydrogens is 337 g/mol. The monoisotopic (exact) mass is 359 g/mol. The van der Waals surface area contributed by atoms with Crippen LogP contribution in [0.25, 0.3) is 10.9 Å². The molecule has 1 N–H and O–H groups in total. The summed E-state index contributed by atoms with van der Waals surface area (Å²) < 4.78 is 16.7. The Kier molecular flexibility index (Phi) is 4.19. The predicted octanol–water partition coefficient (Wildman–Crippen LogP) is 1.93. The lowest BCUT2D eigenvalue weighted by Gasteiger charge is -2.37. The molecule has 0 amide bonds. The molecule has 0 saturated carbocycles. The zero-order valence-electron chi connectivity index (χ0n) is 14.8. The van der Waals surface area contributed by atoms with Crippen molar-refractivity contribution in [2.45, 2.75) is 26.3 Å². The standard InChI is InChI=1S/C19H22FN3O3/c1-2-21-6-8-22(9-7-21)15-10-14(20)16-17-12(15)4-3-5-23(17)11-13(18(16)24)19(25)26/h10-11H,2-9H2,1H3,(H,25,26). The Bertz CT molecular complexity index is 945. The van der Waals surface area contributed by atoms with Gasteiger partial charge >= 0.3 is 5.97 Å². The summed E-state index contributed by atoms with van der Waals surface area (Å²) in [4.78, 5) is 28.5. The highest BCUT2D eigenvalue weighted by atomic mass is 19.1. The van der Waals surface area contributed by atoms with E-state index in [-0.39, 0.29) is 10.9 Å². The molecule has 6 nitrogen and oxygen atoms in total. The molecule has 0 atom stereocenters. The van der Waals surface area contributed by atoms with Gasteiger partial charge in [-0.1, -0.05) is 6.92 Å². The van der Waals surface area contributed by atoms with Crippen molar-refractivity contribution in [1.29, 1.82) is 0 Å². The van der Waals surface area contributed by atoms with Crippen LogP contribution in [0.15, 0.2) is 17.1 Å². The van der Waals surface area contributed by atoms with Crippen molar-refractivity contribution >= 4 is 22.6 Å². The average Bonchev–Trinajstić information content (AvgIpc) is 2.65. The van der Waals surface area contributed by atoms with Crippen molar-refractivity contribution in [1.82, 2.24) is 9.47 Å². The van der Waals surface area contributed by atoms with Gasteiger partial charge in [0, 0.05) is 50.2 Å². The van der Waals surface area contributed by atoms with Gasteiger partial charge < -0.3 is 19.5 Å². The Balaban J connectivity index is 1.91. The highest BCUT2D eigenvalue weighted by molar-refractivity contribution is 5.95. The number of aromatic nitrogens is 1.